The first kappa shape index (κ1) is 20.2. The van der Waals surface area contributed by atoms with Crippen LogP contribution in [-0.2, 0) is 9.59 Å². The van der Waals surface area contributed by atoms with E-state index >= 15 is 0 Å². The lowest BCUT2D eigenvalue weighted by Crippen LogP contribution is -2.32. The molecule has 0 fully saturated rings. The topological polar surface area (TPSA) is 58.2 Å². The Balaban J connectivity index is 1.45. The predicted octanol–water partition coefficient (Wildman–Crippen LogP) is 4.61. The third-order valence-electron chi connectivity index (χ3n) is 3.92. The highest BCUT2D eigenvalue weighted by Crippen LogP contribution is 2.36. The maximum atomic E-state index is 13.5. The number of carbonyl (C=O) groups excluding carboxylic acids is 2. The number of amides is 2. The molecule has 1 aliphatic rings. The molecule has 2 amide bonds. The van der Waals surface area contributed by atoms with Gasteiger partial charge in [-0.05, 0) is 48.4 Å². The Morgan fingerprint density at radius 3 is 2.81 bits per heavy atom. The van der Waals surface area contributed by atoms with Crippen molar-refractivity contribution in [1.82, 2.24) is 5.32 Å². The van der Waals surface area contributed by atoms with Gasteiger partial charge < -0.3 is 10.6 Å². The van der Waals surface area contributed by atoms with E-state index in [9.17, 15) is 14.0 Å². The maximum absolute atomic E-state index is 13.5. The van der Waals surface area contributed by atoms with Crippen LogP contribution in [0.3, 0.4) is 0 Å². The second-order valence-electron chi connectivity index (χ2n) is 5.99. The van der Waals surface area contributed by atoms with Gasteiger partial charge in [0.05, 0.1) is 17.5 Å². The molecular weight excluding hydrogens is 451 g/mol. The van der Waals surface area contributed by atoms with Gasteiger partial charge >= 0.3 is 0 Å². The number of thioether (sulfide) groups is 2. The Hall–Kier alpha value is -1.51. The van der Waals surface area contributed by atoms with Crippen LogP contribution in [0.5, 0.6) is 0 Å². The van der Waals surface area contributed by atoms with Gasteiger partial charge in [-0.15, -0.1) is 23.5 Å². The minimum Gasteiger partial charge on any atom is -0.349 e. The summed E-state index contributed by atoms with van der Waals surface area (Å²) >= 11 is 6.28. The van der Waals surface area contributed by atoms with Crippen LogP contribution >= 0.6 is 39.5 Å². The van der Waals surface area contributed by atoms with Crippen molar-refractivity contribution in [3.63, 3.8) is 0 Å². The number of fused-ring (bicyclic) bond motifs is 1. The van der Waals surface area contributed by atoms with Gasteiger partial charge in [-0.1, -0.05) is 22.0 Å². The van der Waals surface area contributed by atoms with Crippen molar-refractivity contribution in [2.24, 2.45) is 0 Å². The molecule has 3 rings (SSSR count). The minimum atomic E-state index is -0.297. The van der Waals surface area contributed by atoms with Crippen LogP contribution in [0.4, 0.5) is 10.1 Å². The maximum Gasteiger partial charge on any atom is 0.234 e. The summed E-state index contributed by atoms with van der Waals surface area (Å²) in [5.41, 5.74) is 1.54. The predicted molar refractivity (Wildman–Crippen MR) is 113 cm³/mol. The molecule has 1 aliphatic heterocycles. The van der Waals surface area contributed by atoms with E-state index in [0.29, 0.717) is 5.69 Å². The Kier molecular flexibility index (Phi) is 7.20. The molecule has 2 aromatic carbocycles. The smallest absolute Gasteiger partial charge is 0.234 e. The van der Waals surface area contributed by atoms with Gasteiger partial charge in [0.1, 0.15) is 5.82 Å². The first-order valence-electron chi connectivity index (χ1n) is 8.36. The third-order valence-corrected chi connectivity index (χ3v) is 6.47. The summed E-state index contributed by atoms with van der Waals surface area (Å²) in [4.78, 5) is 25.2. The summed E-state index contributed by atoms with van der Waals surface area (Å²) in [5.74, 6) is 0.640. The highest BCUT2D eigenvalue weighted by atomic mass is 79.9. The SMILES string of the molecule is O=C(CSCC(=O)NC1CCSc2ccc(F)cc21)Nc1cccc(Br)c1. The van der Waals surface area contributed by atoms with Gasteiger partial charge in [0.2, 0.25) is 11.8 Å². The molecule has 142 valence electrons. The third kappa shape index (κ3) is 5.99. The highest BCUT2D eigenvalue weighted by Gasteiger charge is 2.22. The van der Waals surface area contributed by atoms with Crippen molar-refractivity contribution in [1.29, 1.82) is 0 Å². The average molecular weight is 469 g/mol. The van der Waals surface area contributed by atoms with Crippen molar-refractivity contribution in [2.75, 3.05) is 22.6 Å². The summed E-state index contributed by atoms with van der Waals surface area (Å²) in [7, 11) is 0. The molecule has 0 aromatic heterocycles. The van der Waals surface area contributed by atoms with E-state index in [1.807, 2.05) is 18.2 Å². The summed E-state index contributed by atoms with van der Waals surface area (Å²) in [6.07, 6.45) is 0.765. The molecule has 1 unspecified atom stereocenters. The van der Waals surface area contributed by atoms with Crippen LogP contribution in [0, 0.1) is 5.82 Å². The molecule has 8 heteroatoms. The van der Waals surface area contributed by atoms with Crippen LogP contribution in [0.15, 0.2) is 51.8 Å². The first-order chi connectivity index (χ1) is 13.0. The van der Waals surface area contributed by atoms with E-state index in [2.05, 4.69) is 26.6 Å². The van der Waals surface area contributed by atoms with E-state index < -0.39 is 0 Å². The fourth-order valence-corrected chi connectivity index (χ4v) is 4.88. The molecular formula is C19H18BrFN2O2S2. The van der Waals surface area contributed by atoms with Crippen LogP contribution in [-0.4, -0.2) is 29.1 Å². The van der Waals surface area contributed by atoms with Crippen LogP contribution in [0.2, 0.25) is 0 Å². The van der Waals surface area contributed by atoms with Crippen molar-refractivity contribution in [2.45, 2.75) is 17.4 Å². The molecule has 0 spiro atoms. The van der Waals surface area contributed by atoms with Gasteiger partial charge in [-0.2, -0.15) is 0 Å². The normalized spacial score (nSPS) is 15.7. The highest BCUT2D eigenvalue weighted by molar-refractivity contribution is 9.10. The van der Waals surface area contributed by atoms with Crippen LogP contribution < -0.4 is 10.6 Å². The second-order valence-corrected chi connectivity index (χ2v) is 9.03. The summed E-state index contributed by atoms with van der Waals surface area (Å²) in [6.45, 7) is 0. The molecule has 0 radical (unpaired) electrons. The molecule has 27 heavy (non-hydrogen) atoms. The lowest BCUT2D eigenvalue weighted by molar-refractivity contribution is -0.119. The monoisotopic (exact) mass is 468 g/mol. The molecule has 2 N–H and O–H groups in total. The van der Waals surface area contributed by atoms with Crippen LogP contribution in [0.25, 0.3) is 0 Å². The van der Waals surface area contributed by atoms with Gasteiger partial charge in [0, 0.05) is 20.8 Å². The van der Waals surface area contributed by atoms with Gasteiger partial charge in [0.15, 0.2) is 0 Å². The number of carbonyl (C=O) groups is 2. The van der Waals surface area contributed by atoms with E-state index in [4.69, 9.17) is 0 Å². The van der Waals surface area contributed by atoms with Gasteiger partial charge in [0.25, 0.3) is 0 Å². The van der Waals surface area contributed by atoms with E-state index in [1.54, 1.807) is 23.9 Å². The van der Waals surface area contributed by atoms with Gasteiger partial charge in [-0.3, -0.25) is 9.59 Å². The zero-order valence-corrected chi connectivity index (χ0v) is 17.6. The first-order valence-corrected chi connectivity index (χ1v) is 11.3. The minimum absolute atomic E-state index is 0.151. The number of nitrogens with one attached hydrogen (secondary N) is 2. The van der Waals surface area contributed by atoms with Gasteiger partial charge in [-0.25, -0.2) is 4.39 Å². The number of hydrogen-bond acceptors (Lipinski definition) is 4. The molecule has 2 aromatic rings. The molecule has 1 atom stereocenters. The molecule has 0 bridgehead atoms. The summed E-state index contributed by atoms with van der Waals surface area (Å²) in [6, 6.07) is 11.8. The van der Waals surface area contributed by atoms with Crippen molar-refractivity contribution in [3.8, 4) is 0 Å². The van der Waals surface area contributed by atoms with Crippen LogP contribution in [0.1, 0.15) is 18.0 Å². The Morgan fingerprint density at radius 1 is 1.19 bits per heavy atom. The van der Waals surface area contributed by atoms with Crippen molar-refractivity contribution in [3.05, 3.63) is 58.3 Å². The van der Waals surface area contributed by atoms with E-state index in [-0.39, 0.29) is 35.2 Å². The summed E-state index contributed by atoms with van der Waals surface area (Å²) < 4.78 is 14.4. The number of rotatable bonds is 6. The Bertz CT molecular complexity index is 850. The molecule has 4 nitrogen and oxygen atoms in total. The zero-order valence-electron chi connectivity index (χ0n) is 14.3. The van der Waals surface area contributed by atoms with Crippen molar-refractivity contribution < 1.29 is 14.0 Å². The van der Waals surface area contributed by atoms with Crippen molar-refractivity contribution >= 4 is 57.0 Å². The number of halogens is 2. The number of hydrogen-bond donors (Lipinski definition) is 2. The molecule has 0 saturated heterocycles. The molecule has 0 saturated carbocycles. The second kappa shape index (κ2) is 9.61. The standard InChI is InChI=1S/C19H18BrFN2O2S2/c20-12-2-1-3-14(8-12)22-18(24)10-26-11-19(25)23-16-6-7-27-17-5-4-13(21)9-15(16)17/h1-5,8-9,16H,6-7,10-11H2,(H,22,24)(H,23,25). The average Bonchev–Trinajstić information content (AvgIpc) is 2.62. The summed E-state index contributed by atoms with van der Waals surface area (Å²) in [5, 5.41) is 5.75. The fraction of sp³-hybridized carbons (Fsp3) is 0.263. The quantitative estimate of drug-likeness (QED) is 0.649. The lowest BCUT2D eigenvalue weighted by Gasteiger charge is -2.26. The molecule has 1 heterocycles. The van der Waals surface area contributed by atoms with E-state index in [0.717, 1.165) is 27.1 Å². The largest absolute Gasteiger partial charge is 0.349 e. The lowest BCUT2D eigenvalue weighted by atomic mass is 10.0. The number of benzene rings is 2. The zero-order chi connectivity index (χ0) is 19.2. The Morgan fingerprint density at radius 2 is 2.00 bits per heavy atom. The fourth-order valence-electron chi connectivity index (χ4n) is 2.75. The number of anilines is 1. The molecule has 0 aliphatic carbocycles. The van der Waals surface area contributed by atoms with E-state index in [1.165, 1.54) is 23.9 Å². The Labute approximate surface area is 174 Å².